The molecule has 0 aromatic heterocycles. The van der Waals surface area contributed by atoms with Crippen LogP contribution in [0.4, 0.5) is 17.1 Å². The molecule has 35 heavy (non-hydrogen) atoms. The Bertz CT molecular complexity index is 1410. The molecule has 1 heterocycles. The SMILES string of the molecule is CC(=O)c1ccc(NC(=O)c2cccc(NC3=C(Cl)C(=O)N(c4cccc(C)c4C)C3=O)c2)cc1. The normalized spacial score (nSPS) is 13.3. The summed E-state index contributed by atoms with van der Waals surface area (Å²) in [4.78, 5) is 51.2. The number of hydrogen-bond acceptors (Lipinski definition) is 5. The van der Waals surface area contributed by atoms with E-state index >= 15 is 0 Å². The number of hydrogen-bond donors (Lipinski definition) is 2. The average molecular weight is 488 g/mol. The van der Waals surface area contributed by atoms with E-state index in [-0.39, 0.29) is 22.4 Å². The van der Waals surface area contributed by atoms with Gasteiger partial charge in [-0.3, -0.25) is 19.2 Å². The quantitative estimate of drug-likeness (QED) is 0.368. The molecule has 3 aromatic carbocycles. The van der Waals surface area contributed by atoms with Crippen molar-refractivity contribution in [1.82, 2.24) is 0 Å². The van der Waals surface area contributed by atoms with Gasteiger partial charge in [-0.05, 0) is 80.4 Å². The van der Waals surface area contributed by atoms with Crippen molar-refractivity contribution >= 4 is 52.2 Å². The molecule has 0 aliphatic carbocycles. The average Bonchev–Trinajstić information content (AvgIpc) is 3.04. The van der Waals surface area contributed by atoms with E-state index in [4.69, 9.17) is 11.6 Å². The topological polar surface area (TPSA) is 95.6 Å². The first-order chi connectivity index (χ1) is 16.7. The van der Waals surface area contributed by atoms with Gasteiger partial charge >= 0.3 is 0 Å². The number of benzene rings is 3. The van der Waals surface area contributed by atoms with Gasteiger partial charge in [0.25, 0.3) is 17.7 Å². The predicted octanol–water partition coefficient (Wildman–Crippen LogP) is 5.19. The van der Waals surface area contributed by atoms with Crippen LogP contribution in [0.2, 0.25) is 0 Å². The van der Waals surface area contributed by atoms with Crippen LogP contribution < -0.4 is 15.5 Å². The maximum absolute atomic E-state index is 13.1. The van der Waals surface area contributed by atoms with E-state index in [1.165, 1.54) is 6.92 Å². The van der Waals surface area contributed by atoms with Crippen LogP contribution >= 0.6 is 11.6 Å². The van der Waals surface area contributed by atoms with Crippen LogP contribution in [0.25, 0.3) is 0 Å². The molecular formula is C27H22ClN3O4. The summed E-state index contributed by atoms with van der Waals surface area (Å²) < 4.78 is 0. The number of Topliss-reactive ketones (excluding diaryl/α,β-unsaturated/α-hetero) is 1. The van der Waals surface area contributed by atoms with Gasteiger partial charge in [0.1, 0.15) is 10.7 Å². The molecular weight excluding hydrogens is 466 g/mol. The summed E-state index contributed by atoms with van der Waals surface area (Å²) in [5, 5.41) is 5.44. The molecule has 4 rings (SSSR count). The van der Waals surface area contributed by atoms with Gasteiger partial charge in [-0.1, -0.05) is 29.8 Å². The summed E-state index contributed by atoms with van der Waals surface area (Å²) in [6.07, 6.45) is 0. The molecule has 1 aliphatic rings. The number of carbonyl (C=O) groups excluding carboxylic acids is 4. The van der Waals surface area contributed by atoms with E-state index in [1.54, 1.807) is 60.7 Å². The van der Waals surface area contributed by atoms with Gasteiger partial charge in [-0.25, -0.2) is 4.90 Å². The Balaban J connectivity index is 1.53. The number of halogens is 1. The minimum Gasteiger partial charge on any atom is -0.350 e. The fourth-order valence-electron chi connectivity index (χ4n) is 3.68. The third kappa shape index (κ3) is 4.72. The molecule has 8 heteroatoms. The number of anilines is 3. The van der Waals surface area contributed by atoms with Crippen LogP contribution in [0, 0.1) is 13.8 Å². The van der Waals surface area contributed by atoms with E-state index < -0.39 is 11.8 Å². The first-order valence-electron chi connectivity index (χ1n) is 10.8. The van der Waals surface area contributed by atoms with Crippen molar-refractivity contribution in [3.8, 4) is 0 Å². The maximum atomic E-state index is 13.1. The summed E-state index contributed by atoms with van der Waals surface area (Å²) in [5.74, 6) is -1.63. The van der Waals surface area contributed by atoms with Crippen LogP contribution in [0.15, 0.2) is 77.5 Å². The number of carbonyl (C=O) groups is 4. The molecule has 0 saturated carbocycles. The molecule has 0 unspecified atom stereocenters. The lowest BCUT2D eigenvalue weighted by atomic mass is 10.1. The number of rotatable bonds is 6. The summed E-state index contributed by atoms with van der Waals surface area (Å²) in [7, 11) is 0. The Kier molecular flexibility index (Phi) is 6.53. The van der Waals surface area contributed by atoms with Gasteiger partial charge < -0.3 is 10.6 Å². The lowest BCUT2D eigenvalue weighted by molar-refractivity contribution is -0.120. The zero-order chi connectivity index (χ0) is 25.3. The fraction of sp³-hybridized carbons (Fsp3) is 0.111. The van der Waals surface area contributed by atoms with Crippen molar-refractivity contribution in [1.29, 1.82) is 0 Å². The van der Waals surface area contributed by atoms with E-state index in [2.05, 4.69) is 10.6 Å². The minimum atomic E-state index is -0.615. The third-order valence-electron chi connectivity index (χ3n) is 5.79. The van der Waals surface area contributed by atoms with Crippen LogP contribution in [-0.2, 0) is 9.59 Å². The Labute approximate surface area is 207 Å². The molecule has 2 N–H and O–H groups in total. The molecule has 3 amide bonds. The zero-order valence-corrected chi connectivity index (χ0v) is 20.1. The maximum Gasteiger partial charge on any atom is 0.283 e. The lowest BCUT2D eigenvalue weighted by Gasteiger charge is -2.18. The minimum absolute atomic E-state index is 0.0602. The van der Waals surface area contributed by atoms with Gasteiger partial charge in [0, 0.05) is 22.5 Å². The molecule has 7 nitrogen and oxygen atoms in total. The van der Waals surface area contributed by atoms with Crippen molar-refractivity contribution < 1.29 is 19.2 Å². The van der Waals surface area contributed by atoms with Crippen molar-refractivity contribution in [3.63, 3.8) is 0 Å². The lowest BCUT2D eigenvalue weighted by Crippen LogP contribution is -2.33. The number of amides is 3. The summed E-state index contributed by atoms with van der Waals surface area (Å²) in [6, 6.07) is 18.4. The summed E-state index contributed by atoms with van der Waals surface area (Å²) >= 11 is 6.26. The van der Waals surface area contributed by atoms with Gasteiger partial charge in [-0.15, -0.1) is 0 Å². The van der Waals surface area contributed by atoms with Crippen molar-refractivity contribution in [2.45, 2.75) is 20.8 Å². The van der Waals surface area contributed by atoms with Gasteiger partial charge in [0.15, 0.2) is 5.78 Å². The number of ketones is 1. The van der Waals surface area contributed by atoms with E-state index in [9.17, 15) is 19.2 Å². The molecule has 3 aromatic rings. The van der Waals surface area contributed by atoms with Gasteiger partial charge in [-0.2, -0.15) is 0 Å². The van der Waals surface area contributed by atoms with Crippen LogP contribution in [-0.4, -0.2) is 23.5 Å². The Morgan fingerprint density at radius 1 is 0.829 bits per heavy atom. The standard InChI is InChI=1S/C27H22ClN3O4/c1-15-6-4-9-22(16(15)2)31-26(34)23(28)24(27(31)35)29-21-8-5-7-19(14-21)25(33)30-20-12-10-18(11-13-20)17(3)32/h4-14,29H,1-3H3,(H,30,33). The number of nitrogens with zero attached hydrogens (tertiary/aromatic N) is 1. The van der Waals surface area contributed by atoms with Gasteiger partial charge in [0.2, 0.25) is 0 Å². The zero-order valence-electron chi connectivity index (χ0n) is 19.3. The highest BCUT2D eigenvalue weighted by atomic mass is 35.5. The summed E-state index contributed by atoms with van der Waals surface area (Å²) in [6.45, 7) is 5.20. The second kappa shape index (κ2) is 9.56. The molecule has 0 bridgehead atoms. The molecule has 0 atom stereocenters. The van der Waals surface area contributed by atoms with Crippen molar-refractivity contribution in [3.05, 3.63) is 99.7 Å². The Hall–Kier alpha value is -4.23. The third-order valence-corrected chi connectivity index (χ3v) is 6.14. The highest BCUT2D eigenvalue weighted by Crippen LogP contribution is 2.33. The first kappa shape index (κ1) is 23.9. The molecule has 0 fully saturated rings. The first-order valence-corrected chi connectivity index (χ1v) is 11.2. The second-order valence-corrected chi connectivity index (χ2v) is 8.53. The van der Waals surface area contributed by atoms with Crippen molar-refractivity contribution in [2.75, 3.05) is 15.5 Å². The molecule has 176 valence electrons. The Morgan fingerprint density at radius 2 is 1.51 bits per heavy atom. The second-order valence-electron chi connectivity index (χ2n) is 8.15. The monoisotopic (exact) mass is 487 g/mol. The van der Waals surface area contributed by atoms with Crippen molar-refractivity contribution in [2.24, 2.45) is 0 Å². The summed E-state index contributed by atoms with van der Waals surface area (Å²) in [5.41, 5.74) is 3.97. The Morgan fingerprint density at radius 3 is 2.20 bits per heavy atom. The highest BCUT2D eigenvalue weighted by Gasteiger charge is 2.39. The van der Waals surface area contributed by atoms with Crippen LogP contribution in [0.1, 0.15) is 38.8 Å². The highest BCUT2D eigenvalue weighted by molar-refractivity contribution is 6.53. The largest absolute Gasteiger partial charge is 0.350 e. The number of imide groups is 1. The molecule has 0 radical (unpaired) electrons. The van der Waals surface area contributed by atoms with E-state index in [0.29, 0.717) is 28.2 Å². The van der Waals surface area contributed by atoms with Gasteiger partial charge in [0.05, 0.1) is 5.69 Å². The fourth-order valence-corrected chi connectivity index (χ4v) is 3.89. The van der Waals surface area contributed by atoms with E-state index in [0.717, 1.165) is 16.0 Å². The molecule has 0 spiro atoms. The predicted molar refractivity (Wildman–Crippen MR) is 136 cm³/mol. The molecule has 1 aliphatic heterocycles. The number of aryl methyl sites for hydroxylation is 1. The number of nitrogens with one attached hydrogen (secondary N) is 2. The smallest absolute Gasteiger partial charge is 0.283 e. The molecule has 0 saturated heterocycles. The van der Waals surface area contributed by atoms with Crippen LogP contribution in [0.3, 0.4) is 0 Å². The van der Waals surface area contributed by atoms with E-state index in [1.807, 2.05) is 19.9 Å². The van der Waals surface area contributed by atoms with Crippen LogP contribution in [0.5, 0.6) is 0 Å².